The largest absolute Gasteiger partial charge is 0.484 e. The normalized spacial score (nSPS) is 13.2. The molecule has 0 saturated carbocycles. The third-order valence-electron chi connectivity index (χ3n) is 4.80. The lowest BCUT2D eigenvalue weighted by atomic mass is 10.1. The second kappa shape index (κ2) is 11.5. The van der Waals surface area contributed by atoms with Gasteiger partial charge in [0.2, 0.25) is 0 Å². The van der Waals surface area contributed by atoms with Gasteiger partial charge in [0, 0.05) is 19.6 Å². The zero-order valence-electron chi connectivity index (χ0n) is 17.3. The molecule has 0 unspecified atom stereocenters. The molecule has 0 atom stereocenters. The van der Waals surface area contributed by atoms with E-state index in [1.165, 1.54) is 11.1 Å². The topological polar surface area (TPSA) is 100 Å². The van der Waals surface area contributed by atoms with Crippen LogP contribution < -0.4 is 15.5 Å². The summed E-state index contributed by atoms with van der Waals surface area (Å²) in [5.41, 5.74) is 4.13. The van der Waals surface area contributed by atoms with Crippen molar-refractivity contribution in [3.63, 3.8) is 0 Å². The number of benzene rings is 2. The van der Waals surface area contributed by atoms with Gasteiger partial charge in [0.15, 0.2) is 6.61 Å². The van der Waals surface area contributed by atoms with Crippen molar-refractivity contribution in [1.82, 2.24) is 15.6 Å². The molecule has 8 heteroatoms. The smallest absolute Gasteiger partial charge is 0.329 e. The van der Waals surface area contributed by atoms with Crippen molar-refractivity contribution in [3.05, 3.63) is 65.7 Å². The summed E-state index contributed by atoms with van der Waals surface area (Å²) < 4.78 is 5.48. The van der Waals surface area contributed by atoms with E-state index in [2.05, 4.69) is 15.8 Å². The highest BCUT2D eigenvalue weighted by Crippen LogP contribution is 2.11. The Morgan fingerprint density at radius 2 is 1.71 bits per heavy atom. The third kappa shape index (κ3) is 7.26. The van der Waals surface area contributed by atoms with Gasteiger partial charge >= 0.3 is 11.8 Å². The minimum Gasteiger partial charge on any atom is -0.484 e. The van der Waals surface area contributed by atoms with Crippen molar-refractivity contribution in [2.24, 2.45) is 5.10 Å². The average Bonchev–Trinajstić information content (AvgIpc) is 3.33. The first-order valence-corrected chi connectivity index (χ1v) is 10.3. The average molecular weight is 422 g/mol. The van der Waals surface area contributed by atoms with E-state index in [1.807, 2.05) is 30.3 Å². The van der Waals surface area contributed by atoms with Crippen molar-refractivity contribution in [2.75, 3.05) is 26.2 Å². The fraction of sp³-hybridized carbons (Fsp3) is 0.304. The van der Waals surface area contributed by atoms with E-state index < -0.39 is 11.8 Å². The van der Waals surface area contributed by atoms with E-state index in [0.29, 0.717) is 30.9 Å². The Morgan fingerprint density at radius 3 is 2.42 bits per heavy atom. The van der Waals surface area contributed by atoms with Crippen LogP contribution in [0.3, 0.4) is 0 Å². The molecular formula is C23H26N4O4. The number of rotatable bonds is 8. The van der Waals surface area contributed by atoms with Gasteiger partial charge in [0.25, 0.3) is 5.91 Å². The summed E-state index contributed by atoms with van der Waals surface area (Å²) in [4.78, 5) is 37.1. The molecule has 0 aromatic heterocycles. The van der Waals surface area contributed by atoms with E-state index in [9.17, 15) is 14.4 Å². The molecule has 1 saturated heterocycles. The fourth-order valence-electron chi connectivity index (χ4n) is 3.12. The lowest BCUT2D eigenvalue weighted by Gasteiger charge is -2.12. The quantitative estimate of drug-likeness (QED) is 0.382. The van der Waals surface area contributed by atoms with Gasteiger partial charge in [-0.3, -0.25) is 14.4 Å². The lowest BCUT2D eigenvalue weighted by molar-refractivity contribution is -0.145. The van der Waals surface area contributed by atoms with Crippen LogP contribution in [-0.2, 0) is 20.8 Å². The summed E-state index contributed by atoms with van der Waals surface area (Å²) in [7, 11) is 0. The zero-order valence-corrected chi connectivity index (χ0v) is 17.3. The highest BCUT2D eigenvalue weighted by molar-refractivity contribution is 6.35. The SMILES string of the molecule is O=C(COc1ccc(/C=N\NC(=O)C(=O)N2CCCC2)cc1)NCCc1ccccc1. The van der Waals surface area contributed by atoms with Crippen molar-refractivity contribution in [1.29, 1.82) is 0 Å². The molecule has 31 heavy (non-hydrogen) atoms. The number of hydrogen-bond acceptors (Lipinski definition) is 5. The predicted octanol–water partition coefficient (Wildman–Crippen LogP) is 1.50. The Morgan fingerprint density at radius 1 is 1.00 bits per heavy atom. The molecule has 2 N–H and O–H groups in total. The molecule has 162 valence electrons. The van der Waals surface area contributed by atoms with Crippen LogP contribution >= 0.6 is 0 Å². The monoisotopic (exact) mass is 422 g/mol. The summed E-state index contributed by atoms with van der Waals surface area (Å²) in [5.74, 6) is -0.938. The molecule has 1 aliphatic rings. The number of likely N-dealkylation sites (tertiary alicyclic amines) is 1. The van der Waals surface area contributed by atoms with Crippen LogP contribution in [0.2, 0.25) is 0 Å². The van der Waals surface area contributed by atoms with Crippen molar-refractivity contribution < 1.29 is 19.1 Å². The molecule has 3 amide bonds. The van der Waals surface area contributed by atoms with E-state index in [1.54, 1.807) is 24.3 Å². The Bertz CT molecular complexity index is 907. The first-order valence-electron chi connectivity index (χ1n) is 10.3. The van der Waals surface area contributed by atoms with E-state index in [-0.39, 0.29) is 12.5 Å². The van der Waals surface area contributed by atoms with Gasteiger partial charge < -0.3 is 15.0 Å². The van der Waals surface area contributed by atoms with Gasteiger partial charge in [-0.1, -0.05) is 30.3 Å². The minimum absolute atomic E-state index is 0.0725. The van der Waals surface area contributed by atoms with Crippen LogP contribution in [0.25, 0.3) is 0 Å². The van der Waals surface area contributed by atoms with Crippen molar-refractivity contribution in [2.45, 2.75) is 19.3 Å². The third-order valence-corrected chi connectivity index (χ3v) is 4.80. The highest BCUT2D eigenvalue weighted by atomic mass is 16.5. The lowest BCUT2D eigenvalue weighted by Crippen LogP contribution is -2.39. The zero-order chi connectivity index (χ0) is 21.9. The van der Waals surface area contributed by atoms with Crippen LogP contribution in [0.1, 0.15) is 24.0 Å². The second-order valence-electron chi connectivity index (χ2n) is 7.14. The van der Waals surface area contributed by atoms with Crippen LogP contribution in [0.5, 0.6) is 5.75 Å². The minimum atomic E-state index is -0.739. The number of amides is 3. The number of hydrazone groups is 1. The molecule has 8 nitrogen and oxygen atoms in total. The second-order valence-corrected chi connectivity index (χ2v) is 7.14. The molecule has 0 bridgehead atoms. The molecule has 0 aliphatic carbocycles. The van der Waals surface area contributed by atoms with Crippen LogP contribution in [-0.4, -0.2) is 55.1 Å². The maximum atomic E-state index is 11.9. The van der Waals surface area contributed by atoms with Crippen molar-refractivity contribution in [3.8, 4) is 5.75 Å². The molecular weight excluding hydrogens is 396 g/mol. The number of carbonyl (C=O) groups excluding carboxylic acids is 3. The van der Waals surface area contributed by atoms with Gasteiger partial charge in [0.1, 0.15) is 5.75 Å². The maximum absolute atomic E-state index is 11.9. The molecule has 3 rings (SSSR count). The van der Waals surface area contributed by atoms with Crippen LogP contribution in [0.4, 0.5) is 0 Å². The Labute approximate surface area is 181 Å². The number of carbonyl (C=O) groups is 3. The maximum Gasteiger partial charge on any atom is 0.329 e. The molecule has 0 spiro atoms. The number of nitrogens with zero attached hydrogens (tertiary/aromatic N) is 2. The van der Waals surface area contributed by atoms with Gasteiger partial charge in [-0.25, -0.2) is 5.43 Å². The first kappa shape index (κ1) is 22.0. The number of hydrogen-bond donors (Lipinski definition) is 2. The van der Waals surface area contributed by atoms with Gasteiger partial charge in [-0.15, -0.1) is 0 Å². The molecule has 1 aliphatic heterocycles. The molecule has 1 heterocycles. The number of nitrogens with one attached hydrogen (secondary N) is 2. The molecule has 1 fully saturated rings. The summed E-state index contributed by atoms with van der Waals surface area (Å²) >= 11 is 0. The Kier molecular flexibility index (Phi) is 8.16. The van der Waals surface area contributed by atoms with Gasteiger partial charge in [-0.2, -0.15) is 5.10 Å². The van der Waals surface area contributed by atoms with Gasteiger partial charge in [-0.05, 0) is 54.7 Å². The highest BCUT2D eigenvalue weighted by Gasteiger charge is 2.23. The van der Waals surface area contributed by atoms with Crippen molar-refractivity contribution >= 4 is 23.9 Å². The van der Waals surface area contributed by atoms with E-state index >= 15 is 0 Å². The predicted molar refractivity (Wildman–Crippen MR) is 117 cm³/mol. The van der Waals surface area contributed by atoms with Crippen LogP contribution in [0.15, 0.2) is 59.7 Å². The Balaban J connectivity index is 1.35. The summed E-state index contributed by atoms with van der Waals surface area (Å²) in [5, 5.41) is 6.64. The molecule has 0 radical (unpaired) electrons. The molecule has 2 aromatic carbocycles. The number of ether oxygens (including phenoxy) is 1. The summed E-state index contributed by atoms with van der Waals surface area (Å²) in [6, 6.07) is 16.8. The molecule has 2 aromatic rings. The van der Waals surface area contributed by atoms with Gasteiger partial charge in [0.05, 0.1) is 6.21 Å². The summed E-state index contributed by atoms with van der Waals surface area (Å²) in [6.45, 7) is 1.70. The van der Waals surface area contributed by atoms with E-state index in [0.717, 1.165) is 24.8 Å². The summed E-state index contributed by atoms with van der Waals surface area (Å²) in [6.07, 6.45) is 4.05. The fourth-order valence-corrected chi connectivity index (χ4v) is 3.12. The Hall–Kier alpha value is -3.68. The standard InChI is InChI=1S/C23H26N4O4/c28-21(24-13-12-18-6-2-1-3-7-18)17-31-20-10-8-19(9-11-20)16-25-26-22(29)23(30)27-14-4-5-15-27/h1-3,6-11,16H,4-5,12-15,17H2,(H,24,28)(H,26,29)/b25-16-. The van der Waals surface area contributed by atoms with Crippen LogP contribution in [0, 0.1) is 0 Å². The van der Waals surface area contributed by atoms with E-state index in [4.69, 9.17) is 4.74 Å². The first-order chi connectivity index (χ1) is 15.1.